The average Bonchev–Trinajstić information content (AvgIpc) is 3.00. The Hall–Kier alpha value is -2.66. The molecule has 1 heterocycles. The molecular weight excluding hydrogens is 306 g/mol. The van der Waals surface area contributed by atoms with E-state index in [4.69, 9.17) is 4.84 Å². The third kappa shape index (κ3) is 4.20. The van der Waals surface area contributed by atoms with Gasteiger partial charge >= 0.3 is 0 Å². The van der Waals surface area contributed by atoms with Crippen LogP contribution in [0.2, 0.25) is 0 Å². The highest BCUT2D eigenvalue weighted by atomic mass is 16.7. The Balaban J connectivity index is 1.47. The molecule has 1 aliphatic heterocycles. The summed E-state index contributed by atoms with van der Waals surface area (Å²) in [6.07, 6.45) is 5.41. The standard InChI is InChI=1S/C19H21NO4/c21-16-7-4-14(5-8-16)10-17-12-15(20-24-17)3-1-2-13-6-9-18(22)19(23)11-13/h4-9,11-12,17,20-23H,1-3,10H2. The van der Waals surface area contributed by atoms with E-state index >= 15 is 0 Å². The van der Waals surface area contributed by atoms with Crippen LogP contribution in [0.1, 0.15) is 24.0 Å². The van der Waals surface area contributed by atoms with Gasteiger partial charge in [0, 0.05) is 12.1 Å². The molecule has 0 aliphatic carbocycles. The monoisotopic (exact) mass is 327 g/mol. The van der Waals surface area contributed by atoms with E-state index in [0.29, 0.717) is 0 Å². The van der Waals surface area contributed by atoms with E-state index in [2.05, 4.69) is 11.6 Å². The van der Waals surface area contributed by atoms with Crippen molar-refractivity contribution in [3.8, 4) is 17.2 Å². The zero-order valence-corrected chi connectivity index (χ0v) is 13.3. The number of hydrogen-bond donors (Lipinski definition) is 4. The summed E-state index contributed by atoms with van der Waals surface area (Å²) in [5, 5.41) is 28.1. The topological polar surface area (TPSA) is 82.0 Å². The first-order valence-corrected chi connectivity index (χ1v) is 8.01. The molecular formula is C19H21NO4. The van der Waals surface area contributed by atoms with Gasteiger partial charge < -0.3 is 15.3 Å². The van der Waals surface area contributed by atoms with Crippen molar-refractivity contribution in [2.45, 2.75) is 31.8 Å². The molecule has 0 amide bonds. The van der Waals surface area contributed by atoms with Gasteiger partial charge in [-0.15, -0.1) is 0 Å². The number of aryl methyl sites for hydroxylation is 1. The molecule has 1 aliphatic rings. The van der Waals surface area contributed by atoms with Gasteiger partial charge in [0.15, 0.2) is 11.5 Å². The second-order valence-electron chi connectivity index (χ2n) is 6.00. The molecule has 24 heavy (non-hydrogen) atoms. The predicted octanol–water partition coefficient (Wildman–Crippen LogP) is 3.16. The first kappa shape index (κ1) is 16.2. The molecule has 4 N–H and O–H groups in total. The van der Waals surface area contributed by atoms with Gasteiger partial charge in [0.2, 0.25) is 0 Å². The second kappa shape index (κ2) is 7.27. The van der Waals surface area contributed by atoms with Gasteiger partial charge in [-0.1, -0.05) is 18.2 Å². The normalized spacial score (nSPS) is 16.7. The van der Waals surface area contributed by atoms with Crippen molar-refractivity contribution in [3.63, 3.8) is 0 Å². The van der Waals surface area contributed by atoms with Crippen LogP contribution in [-0.2, 0) is 17.7 Å². The van der Waals surface area contributed by atoms with Gasteiger partial charge in [0.1, 0.15) is 11.9 Å². The zero-order valence-electron chi connectivity index (χ0n) is 13.3. The van der Waals surface area contributed by atoms with E-state index in [1.54, 1.807) is 18.2 Å². The molecule has 3 rings (SSSR count). The fourth-order valence-corrected chi connectivity index (χ4v) is 2.75. The van der Waals surface area contributed by atoms with Crippen LogP contribution < -0.4 is 5.48 Å². The number of nitrogens with one attached hydrogen (secondary N) is 1. The predicted molar refractivity (Wildman–Crippen MR) is 90.6 cm³/mol. The maximum Gasteiger partial charge on any atom is 0.157 e. The highest BCUT2D eigenvalue weighted by Gasteiger charge is 2.16. The smallest absolute Gasteiger partial charge is 0.157 e. The minimum atomic E-state index is -0.0932. The fraction of sp³-hybridized carbons (Fsp3) is 0.263. The van der Waals surface area contributed by atoms with Gasteiger partial charge in [0.25, 0.3) is 0 Å². The Morgan fingerprint density at radius 2 is 1.62 bits per heavy atom. The first-order valence-electron chi connectivity index (χ1n) is 8.01. The highest BCUT2D eigenvalue weighted by Crippen LogP contribution is 2.26. The van der Waals surface area contributed by atoms with Crippen molar-refractivity contribution in [1.29, 1.82) is 0 Å². The Morgan fingerprint density at radius 1 is 0.875 bits per heavy atom. The lowest BCUT2D eigenvalue weighted by Crippen LogP contribution is -2.14. The second-order valence-corrected chi connectivity index (χ2v) is 6.00. The van der Waals surface area contributed by atoms with E-state index in [9.17, 15) is 15.3 Å². The molecule has 0 spiro atoms. The van der Waals surface area contributed by atoms with E-state index < -0.39 is 0 Å². The maximum atomic E-state index is 9.49. The van der Waals surface area contributed by atoms with Crippen LogP contribution in [0.25, 0.3) is 0 Å². The van der Waals surface area contributed by atoms with Crippen molar-refractivity contribution in [1.82, 2.24) is 5.48 Å². The number of aromatic hydroxyl groups is 3. The van der Waals surface area contributed by atoms with E-state index in [-0.39, 0.29) is 23.4 Å². The minimum Gasteiger partial charge on any atom is -0.508 e. The van der Waals surface area contributed by atoms with Crippen LogP contribution in [0.5, 0.6) is 17.2 Å². The molecule has 0 saturated heterocycles. The Bertz CT molecular complexity index is 725. The molecule has 5 heteroatoms. The number of phenolic OH excluding ortho intramolecular Hbond substituents is 3. The molecule has 0 bridgehead atoms. The molecule has 0 aromatic heterocycles. The summed E-state index contributed by atoms with van der Waals surface area (Å²) in [4.78, 5) is 5.56. The Labute approximate surface area is 140 Å². The number of allylic oxidation sites excluding steroid dienone is 1. The van der Waals surface area contributed by atoms with Crippen molar-refractivity contribution >= 4 is 0 Å². The van der Waals surface area contributed by atoms with E-state index in [1.165, 1.54) is 6.07 Å². The summed E-state index contributed by atoms with van der Waals surface area (Å²) < 4.78 is 0. The van der Waals surface area contributed by atoms with Crippen LogP contribution in [0.3, 0.4) is 0 Å². The maximum absolute atomic E-state index is 9.49. The number of hydrogen-bond acceptors (Lipinski definition) is 5. The van der Waals surface area contributed by atoms with Gasteiger partial charge in [-0.3, -0.25) is 10.3 Å². The van der Waals surface area contributed by atoms with Crippen LogP contribution in [-0.4, -0.2) is 21.4 Å². The Morgan fingerprint density at radius 3 is 2.38 bits per heavy atom. The highest BCUT2D eigenvalue weighted by molar-refractivity contribution is 5.40. The third-order valence-corrected chi connectivity index (χ3v) is 4.05. The van der Waals surface area contributed by atoms with Crippen molar-refractivity contribution in [2.75, 3.05) is 0 Å². The SMILES string of the molecule is Oc1ccc(CC2C=C(CCCc3ccc(O)c(O)c3)NO2)cc1. The minimum absolute atomic E-state index is 0.0118. The third-order valence-electron chi connectivity index (χ3n) is 4.05. The number of benzene rings is 2. The van der Waals surface area contributed by atoms with Crippen LogP contribution in [0.15, 0.2) is 54.2 Å². The molecule has 2 aromatic carbocycles. The molecule has 0 radical (unpaired) electrons. The summed E-state index contributed by atoms with van der Waals surface area (Å²) in [5.74, 6) is 0.0908. The van der Waals surface area contributed by atoms with Crippen molar-refractivity contribution < 1.29 is 20.2 Å². The molecule has 1 unspecified atom stereocenters. The van der Waals surface area contributed by atoms with Gasteiger partial charge in [0.05, 0.1) is 0 Å². The van der Waals surface area contributed by atoms with Gasteiger partial charge in [-0.05, 0) is 60.7 Å². The average molecular weight is 327 g/mol. The summed E-state index contributed by atoms with van der Waals surface area (Å²) >= 11 is 0. The number of rotatable bonds is 6. The molecule has 2 aromatic rings. The summed E-state index contributed by atoms with van der Waals surface area (Å²) in [6.45, 7) is 0. The van der Waals surface area contributed by atoms with Crippen LogP contribution >= 0.6 is 0 Å². The lowest BCUT2D eigenvalue weighted by Gasteiger charge is -2.07. The molecule has 0 fully saturated rings. The molecule has 5 nitrogen and oxygen atoms in total. The van der Waals surface area contributed by atoms with Gasteiger partial charge in [-0.2, -0.15) is 0 Å². The van der Waals surface area contributed by atoms with Gasteiger partial charge in [-0.25, -0.2) is 0 Å². The summed E-state index contributed by atoms with van der Waals surface area (Å²) in [6, 6.07) is 12.1. The Kier molecular flexibility index (Phi) is 4.91. The zero-order chi connectivity index (χ0) is 16.9. The quantitative estimate of drug-likeness (QED) is 0.613. The lowest BCUT2D eigenvalue weighted by molar-refractivity contribution is 0.0417. The van der Waals surface area contributed by atoms with Crippen LogP contribution in [0.4, 0.5) is 0 Å². The first-order chi connectivity index (χ1) is 11.6. The van der Waals surface area contributed by atoms with Crippen LogP contribution in [0, 0.1) is 0 Å². The molecule has 126 valence electrons. The fourth-order valence-electron chi connectivity index (χ4n) is 2.75. The molecule has 1 atom stereocenters. The summed E-state index contributed by atoms with van der Waals surface area (Å²) in [7, 11) is 0. The largest absolute Gasteiger partial charge is 0.508 e. The van der Waals surface area contributed by atoms with E-state index in [0.717, 1.165) is 42.5 Å². The van der Waals surface area contributed by atoms with E-state index in [1.807, 2.05) is 18.2 Å². The van der Waals surface area contributed by atoms with Crippen molar-refractivity contribution in [2.24, 2.45) is 0 Å². The molecule has 0 saturated carbocycles. The summed E-state index contributed by atoms with van der Waals surface area (Å²) in [5.41, 5.74) is 6.12. The number of phenols is 3. The lowest BCUT2D eigenvalue weighted by atomic mass is 10.0. The number of hydroxylamine groups is 1. The van der Waals surface area contributed by atoms with Crippen molar-refractivity contribution in [3.05, 3.63) is 65.4 Å².